The number of fused-ring (bicyclic) bond motifs is 1. The molecule has 0 atom stereocenters. The molecule has 0 unspecified atom stereocenters. The van der Waals surface area contributed by atoms with Gasteiger partial charge in [-0.3, -0.25) is 9.59 Å². The van der Waals surface area contributed by atoms with Crippen LogP contribution < -0.4 is 5.56 Å². The van der Waals surface area contributed by atoms with E-state index in [-0.39, 0.29) is 18.0 Å². The van der Waals surface area contributed by atoms with Crippen LogP contribution in [0.1, 0.15) is 18.1 Å². The van der Waals surface area contributed by atoms with Crippen LogP contribution in [0.3, 0.4) is 0 Å². The van der Waals surface area contributed by atoms with Crippen molar-refractivity contribution in [2.75, 3.05) is 20.3 Å². The van der Waals surface area contributed by atoms with Crippen LogP contribution in [-0.2, 0) is 16.1 Å². The maximum absolute atomic E-state index is 12.2. The lowest BCUT2D eigenvalue weighted by atomic mass is 10.1. The SMILES string of the molecule is COCCN(Cc1cc2cccc(C)c2[nH]c1=O)C(C)=O. The fourth-order valence-electron chi connectivity index (χ4n) is 2.30. The molecule has 2 aromatic rings. The molecular weight excluding hydrogens is 268 g/mol. The minimum Gasteiger partial charge on any atom is -0.383 e. The summed E-state index contributed by atoms with van der Waals surface area (Å²) in [7, 11) is 1.59. The van der Waals surface area contributed by atoms with E-state index in [1.54, 1.807) is 12.0 Å². The van der Waals surface area contributed by atoms with Crippen molar-refractivity contribution < 1.29 is 9.53 Å². The first-order valence-electron chi connectivity index (χ1n) is 6.89. The number of hydrogen-bond donors (Lipinski definition) is 1. The molecule has 21 heavy (non-hydrogen) atoms. The Kier molecular flexibility index (Phi) is 4.75. The zero-order chi connectivity index (χ0) is 15.4. The van der Waals surface area contributed by atoms with Crippen LogP contribution in [-0.4, -0.2) is 36.1 Å². The number of rotatable bonds is 5. The number of H-pyrrole nitrogens is 1. The van der Waals surface area contributed by atoms with Crippen molar-refractivity contribution in [2.24, 2.45) is 0 Å². The van der Waals surface area contributed by atoms with Gasteiger partial charge in [0.05, 0.1) is 18.7 Å². The normalized spacial score (nSPS) is 10.8. The highest BCUT2D eigenvalue weighted by atomic mass is 16.5. The van der Waals surface area contributed by atoms with Gasteiger partial charge in [0, 0.05) is 26.1 Å². The number of pyridine rings is 1. The van der Waals surface area contributed by atoms with Crippen LogP contribution in [0.5, 0.6) is 0 Å². The molecule has 1 amide bonds. The first-order chi connectivity index (χ1) is 10.0. The molecule has 0 saturated carbocycles. The Morgan fingerprint density at radius 1 is 1.38 bits per heavy atom. The average molecular weight is 288 g/mol. The monoisotopic (exact) mass is 288 g/mol. The number of aryl methyl sites for hydroxylation is 1. The Labute approximate surface area is 123 Å². The molecule has 0 aliphatic heterocycles. The van der Waals surface area contributed by atoms with Gasteiger partial charge in [-0.05, 0) is 23.9 Å². The van der Waals surface area contributed by atoms with Crippen molar-refractivity contribution in [1.82, 2.24) is 9.88 Å². The summed E-state index contributed by atoms with van der Waals surface area (Å²) in [4.78, 5) is 28.3. The molecule has 1 heterocycles. The molecule has 112 valence electrons. The number of carbonyl (C=O) groups is 1. The summed E-state index contributed by atoms with van der Waals surface area (Å²) < 4.78 is 5.00. The zero-order valence-electron chi connectivity index (χ0n) is 12.6. The number of nitrogens with zero attached hydrogens (tertiary/aromatic N) is 1. The Balaban J connectivity index is 2.35. The fraction of sp³-hybridized carbons (Fsp3) is 0.375. The van der Waals surface area contributed by atoms with Crippen LogP contribution in [0.25, 0.3) is 10.9 Å². The second-order valence-corrected chi connectivity index (χ2v) is 5.10. The second kappa shape index (κ2) is 6.54. The van der Waals surface area contributed by atoms with E-state index in [0.717, 1.165) is 16.5 Å². The molecule has 5 nitrogen and oxygen atoms in total. The van der Waals surface area contributed by atoms with Gasteiger partial charge in [-0.25, -0.2) is 0 Å². The lowest BCUT2D eigenvalue weighted by molar-refractivity contribution is -0.130. The van der Waals surface area contributed by atoms with E-state index in [2.05, 4.69) is 4.98 Å². The predicted molar refractivity (Wildman–Crippen MR) is 82.3 cm³/mol. The highest BCUT2D eigenvalue weighted by molar-refractivity contribution is 5.82. The number of carbonyl (C=O) groups excluding carboxylic acids is 1. The molecule has 0 saturated heterocycles. The average Bonchev–Trinajstić information content (AvgIpc) is 2.44. The summed E-state index contributed by atoms with van der Waals surface area (Å²) in [5.41, 5.74) is 2.30. The minimum atomic E-state index is -0.152. The van der Waals surface area contributed by atoms with Crippen molar-refractivity contribution >= 4 is 16.8 Å². The van der Waals surface area contributed by atoms with Crippen molar-refractivity contribution in [2.45, 2.75) is 20.4 Å². The number of methoxy groups -OCH3 is 1. The summed E-state index contributed by atoms with van der Waals surface area (Å²) in [6.07, 6.45) is 0. The molecule has 1 aromatic heterocycles. The fourth-order valence-corrected chi connectivity index (χ4v) is 2.30. The van der Waals surface area contributed by atoms with E-state index >= 15 is 0 Å². The zero-order valence-corrected chi connectivity index (χ0v) is 12.6. The largest absolute Gasteiger partial charge is 0.383 e. The number of ether oxygens (including phenoxy) is 1. The highest BCUT2D eigenvalue weighted by Gasteiger charge is 2.12. The third kappa shape index (κ3) is 3.49. The minimum absolute atomic E-state index is 0.0733. The van der Waals surface area contributed by atoms with Gasteiger partial charge in [0.2, 0.25) is 5.91 Å². The van der Waals surface area contributed by atoms with Crippen molar-refractivity contribution in [3.63, 3.8) is 0 Å². The Hall–Kier alpha value is -2.14. The van der Waals surface area contributed by atoms with Gasteiger partial charge in [0.15, 0.2) is 0 Å². The lowest BCUT2D eigenvalue weighted by Crippen LogP contribution is -2.33. The Bertz CT molecular complexity index is 706. The highest BCUT2D eigenvalue weighted by Crippen LogP contribution is 2.15. The summed E-state index contributed by atoms with van der Waals surface area (Å²) in [6, 6.07) is 7.71. The number of para-hydroxylation sites is 1. The molecule has 2 rings (SSSR count). The molecule has 0 aliphatic rings. The van der Waals surface area contributed by atoms with Crippen LogP contribution >= 0.6 is 0 Å². The van der Waals surface area contributed by atoms with Gasteiger partial charge in [-0.2, -0.15) is 0 Å². The molecule has 0 aliphatic carbocycles. The number of amides is 1. The molecule has 0 fully saturated rings. The third-order valence-electron chi connectivity index (χ3n) is 3.54. The smallest absolute Gasteiger partial charge is 0.253 e. The molecule has 0 radical (unpaired) electrons. The van der Waals surface area contributed by atoms with Gasteiger partial charge in [0.25, 0.3) is 5.56 Å². The topological polar surface area (TPSA) is 62.4 Å². The first-order valence-corrected chi connectivity index (χ1v) is 6.89. The molecule has 0 bridgehead atoms. The van der Waals surface area contributed by atoms with Crippen molar-refractivity contribution in [1.29, 1.82) is 0 Å². The van der Waals surface area contributed by atoms with Crippen LogP contribution in [0.4, 0.5) is 0 Å². The van der Waals surface area contributed by atoms with Crippen LogP contribution in [0.2, 0.25) is 0 Å². The number of aromatic amines is 1. The standard InChI is InChI=1S/C16H20N2O3/c1-11-5-4-6-13-9-14(16(20)17-15(11)13)10-18(12(2)19)7-8-21-3/h4-6,9H,7-8,10H2,1-3H3,(H,17,20). The maximum Gasteiger partial charge on any atom is 0.253 e. The quantitative estimate of drug-likeness (QED) is 0.913. The number of hydrogen-bond acceptors (Lipinski definition) is 3. The van der Waals surface area contributed by atoms with E-state index in [9.17, 15) is 9.59 Å². The summed E-state index contributed by atoms with van der Waals surface area (Å²) in [6.45, 7) is 4.66. The molecule has 1 N–H and O–H groups in total. The Morgan fingerprint density at radius 2 is 2.14 bits per heavy atom. The Morgan fingerprint density at radius 3 is 2.81 bits per heavy atom. The van der Waals surface area contributed by atoms with E-state index in [4.69, 9.17) is 4.74 Å². The summed E-state index contributed by atoms with van der Waals surface area (Å²) in [5.74, 6) is -0.0733. The lowest BCUT2D eigenvalue weighted by Gasteiger charge is -2.20. The number of nitrogens with one attached hydrogen (secondary N) is 1. The molecular formula is C16H20N2O3. The van der Waals surface area contributed by atoms with Crippen molar-refractivity contribution in [3.05, 3.63) is 45.7 Å². The predicted octanol–water partition coefficient (Wildman–Crippen LogP) is 1.83. The van der Waals surface area contributed by atoms with Gasteiger partial charge in [0.1, 0.15) is 0 Å². The summed E-state index contributed by atoms with van der Waals surface area (Å²) >= 11 is 0. The van der Waals surface area contributed by atoms with Crippen LogP contribution in [0.15, 0.2) is 29.1 Å². The first kappa shape index (κ1) is 15.3. The number of aromatic nitrogens is 1. The number of benzene rings is 1. The second-order valence-electron chi connectivity index (χ2n) is 5.10. The third-order valence-corrected chi connectivity index (χ3v) is 3.54. The van der Waals surface area contributed by atoms with Crippen LogP contribution in [0, 0.1) is 6.92 Å². The van der Waals surface area contributed by atoms with Gasteiger partial charge in [-0.15, -0.1) is 0 Å². The van der Waals surface area contributed by atoms with Gasteiger partial charge >= 0.3 is 0 Å². The van der Waals surface area contributed by atoms with E-state index in [0.29, 0.717) is 18.7 Å². The van der Waals surface area contributed by atoms with E-state index in [1.807, 2.05) is 31.2 Å². The molecule has 5 heteroatoms. The van der Waals surface area contributed by atoms with E-state index in [1.165, 1.54) is 6.92 Å². The van der Waals surface area contributed by atoms with Gasteiger partial charge in [-0.1, -0.05) is 18.2 Å². The van der Waals surface area contributed by atoms with Crippen molar-refractivity contribution in [3.8, 4) is 0 Å². The molecule has 0 spiro atoms. The molecule has 1 aromatic carbocycles. The summed E-state index contributed by atoms with van der Waals surface area (Å²) in [5, 5.41) is 0.972. The van der Waals surface area contributed by atoms with E-state index < -0.39 is 0 Å². The van der Waals surface area contributed by atoms with Gasteiger partial charge < -0.3 is 14.6 Å². The maximum atomic E-state index is 12.2.